The molecule has 0 aliphatic heterocycles. The van der Waals surface area contributed by atoms with Gasteiger partial charge in [0.1, 0.15) is 0 Å². The summed E-state index contributed by atoms with van der Waals surface area (Å²) in [6.07, 6.45) is 15.0. The molecular weight excluding hydrogens is 338 g/mol. The summed E-state index contributed by atoms with van der Waals surface area (Å²) in [6.45, 7) is 2.26. The second kappa shape index (κ2) is 11.4. The van der Waals surface area contributed by atoms with Gasteiger partial charge in [-0.15, -0.1) is 0 Å². The fraction of sp³-hybridized carbons (Fsp3) is 0.370. The molecule has 0 aliphatic rings. The fourth-order valence-corrected chi connectivity index (χ4v) is 3.69. The van der Waals surface area contributed by atoms with Crippen LogP contribution in [0, 0.1) is 0 Å². The van der Waals surface area contributed by atoms with Crippen LogP contribution in [0.4, 0.5) is 0 Å². The Bertz CT molecular complexity index is 788. The summed E-state index contributed by atoms with van der Waals surface area (Å²) in [7, 11) is 0. The zero-order valence-electron chi connectivity index (χ0n) is 17.2. The first-order valence-electron chi connectivity index (χ1n) is 10.9. The second-order valence-corrected chi connectivity index (χ2v) is 7.77. The molecular formula is C27H33N. The van der Waals surface area contributed by atoms with Crippen LogP contribution in [0.2, 0.25) is 0 Å². The Morgan fingerprint density at radius 3 is 1.61 bits per heavy atom. The lowest BCUT2D eigenvalue weighted by Gasteiger charge is -2.07. The number of aromatic nitrogens is 1. The first kappa shape index (κ1) is 20.3. The van der Waals surface area contributed by atoms with E-state index >= 15 is 0 Å². The SMILES string of the molecule is CCCCCc1ccc(-c2ccc(CCCCCc3cccnc3)cc2)cc1. The Morgan fingerprint density at radius 1 is 0.571 bits per heavy atom. The highest BCUT2D eigenvalue weighted by atomic mass is 14.6. The smallest absolute Gasteiger partial charge is 0.0299 e. The van der Waals surface area contributed by atoms with Crippen molar-refractivity contribution in [3.63, 3.8) is 0 Å². The highest BCUT2D eigenvalue weighted by molar-refractivity contribution is 5.63. The Morgan fingerprint density at radius 2 is 1.11 bits per heavy atom. The van der Waals surface area contributed by atoms with Gasteiger partial charge in [0.25, 0.3) is 0 Å². The van der Waals surface area contributed by atoms with Crippen molar-refractivity contribution in [3.8, 4) is 11.1 Å². The molecule has 0 radical (unpaired) electrons. The van der Waals surface area contributed by atoms with E-state index in [2.05, 4.69) is 66.5 Å². The van der Waals surface area contributed by atoms with Crippen LogP contribution in [0.1, 0.15) is 62.1 Å². The fourth-order valence-electron chi connectivity index (χ4n) is 3.69. The first-order chi connectivity index (χ1) is 13.8. The number of nitrogens with zero attached hydrogens (tertiary/aromatic N) is 1. The Labute approximate surface area is 170 Å². The zero-order valence-corrected chi connectivity index (χ0v) is 17.2. The number of hydrogen-bond donors (Lipinski definition) is 0. The molecule has 1 heterocycles. The molecule has 1 aromatic heterocycles. The first-order valence-corrected chi connectivity index (χ1v) is 10.9. The van der Waals surface area contributed by atoms with Gasteiger partial charge in [0.2, 0.25) is 0 Å². The van der Waals surface area contributed by atoms with E-state index in [-0.39, 0.29) is 0 Å². The largest absolute Gasteiger partial charge is 0.264 e. The van der Waals surface area contributed by atoms with E-state index in [1.165, 1.54) is 79.2 Å². The number of unbranched alkanes of at least 4 members (excludes halogenated alkanes) is 4. The molecule has 0 amide bonds. The monoisotopic (exact) mass is 371 g/mol. The summed E-state index contributed by atoms with van der Waals surface area (Å²) in [4.78, 5) is 4.19. The van der Waals surface area contributed by atoms with E-state index in [0.717, 1.165) is 6.42 Å². The molecule has 28 heavy (non-hydrogen) atoms. The average Bonchev–Trinajstić information content (AvgIpc) is 2.75. The van der Waals surface area contributed by atoms with E-state index in [1.807, 2.05) is 18.5 Å². The summed E-state index contributed by atoms with van der Waals surface area (Å²) in [6, 6.07) is 22.5. The van der Waals surface area contributed by atoms with Crippen LogP contribution in [-0.4, -0.2) is 4.98 Å². The third-order valence-electron chi connectivity index (χ3n) is 5.46. The number of hydrogen-bond acceptors (Lipinski definition) is 1. The maximum Gasteiger partial charge on any atom is 0.0299 e. The Kier molecular flexibility index (Phi) is 8.30. The molecule has 146 valence electrons. The molecule has 0 fully saturated rings. The quantitative estimate of drug-likeness (QED) is 0.319. The van der Waals surface area contributed by atoms with Gasteiger partial charge >= 0.3 is 0 Å². The minimum Gasteiger partial charge on any atom is -0.264 e. The van der Waals surface area contributed by atoms with Crippen molar-refractivity contribution in [2.45, 2.75) is 64.7 Å². The van der Waals surface area contributed by atoms with Gasteiger partial charge in [-0.2, -0.15) is 0 Å². The van der Waals surface area contributed by atoms with Gasteiger partial charge in [0.05, 0.1) is 0 Å². The normalized spacial score (nSPS) is 10.9. The zero-order chi connectivity index (χ0) is 19.4. The maximum atomic E-state index is 4.19. The van der Waals surface area contributed by atoms with Crippen LogP contribution in [0.3, 0.4) is 0 Å². The van der Waals surface area contributed by atoms with Gasteiger partial charge in [-0.1, -0.05) is 80.8 Å². The van der Waals surface area contributed by atoms with Crippen LogP contribution in [0.5, 0.6) is 0 Å². The molecule has 0 saturated carbocycles. The van der Waals surface area contributed by atoms with E-state index in [9.17, 15) is 0 Å². The molecule has 1 heteroatoms. The Hall–Kier alpha value is -2.41. The molecule has 0 atom stereocenters. The number of rotatable bonds is 11. The molecule has 0 aliphatic carbocycles. The van der Waals surface area contributed by atoms with Gasteiger partial charge in [-0.25, -0.2) is 0 Å². The standard InChI is InChI=1S/C27H33N/c1-2-3-5-9-23-13-17-26(18-14-23)27-19-15-24(16-20-27)10-6-4-7-11-25-12-8-21-28-22-25/h8,12-22H,2-7,9-11H2,1H3. The third-order valence-corrected chi connectivity index (χ3v) is 5.46. The van der Waals surface area contributed by atoms with Crippen LogP contribution in [-0.2, 0) is 19.3 Å². The summed E-state index contributed by atoms with van der Waals surface area (Å²) in [5.41, 5.74) is 6.90. The van der Waals surface area contributed by atoms with E-state index in [1.54, 1.807) is 0 Å². The van der Waals surface area contributed by atoms with Crippen molar-refractivity contribution >= 4 is 0 Å². The van der Waals surface area contributed by atoms with Crippen molar-refractivity contribution in [1.82, 2.24) is 4.98 Å². The van der Waals surface area contributed by atoms with Crippen molar-refractivity contribution in [2.75, 3.05) is 0 Å². The van der Waals surface area contributed by atoms with Crippen molar-refractivity contribution < 1.29 is 0 Å². The van der Waals surface area contributed by atoms with Crippen molar-refractivity contribution in [2.24, 2.45) is 0 Å². The predicted molar refractivity (Wildman–Crippen MR) is 121 cm³/mol. The predicted octanol–water partition coefficient (Wildman–Crippen LogP) is 7.44. The van der Waals surface area contributed by atoms with E-state index < -0.39 is 0 Å². The lowest BCUT2D eigenvalue weighted by Crippen LogP contribution is -1.90. The highest BCUT2D eigenvalue weighted by Gasteiger charge is 2.00. The summed E-state index contributed by atoms with van der Waals surface area (Å²) in [5, 5.41) is 0. The minimum absolute atomic E-state index is 1.14. The molecule has 0 saturated heterocycles. The topological polar surface area (TPSA) is 12.9 Å². The van der Waals surface area contributed by atoms with Gasteiger partial charge in [0.15, 0.2) is 0 Å². The number of benzene rings is 2. The van der Waals surface area contributed by atoms with Crippen molar-refractivity contribution in [1.29, 1.82) is 0 Å². The van der Waals surface area contributed by atoms with Crippen molar-refractivity contribution in [3.05, 3.63) is 89.7 Å². The maximum absolute atomic E-state index is 4.19. The lowest BCUT2D eigenvalue weighted by atomic mass is 9.99. The molecule has 0 bridgehead atoms. The molecule has 2 aromatic carbocycles. The van der Waals surface area contributed by atoms with Gasteiger partial charge in [0, 0.05) is 12.4 Å². The second-order valence-electron chi connectivity index (χ2n) is 7.77. The van der Waals surface area contributed by atoms with Crippen LogP contribution in [0.15, 0.2) is 73.1 Å². The summed E-state index contributed by atoms with van der Waals surface area (Å²) >= 11 is 0. The molecule has 0 N–H and O–H groups in total. The van der Waals surface area contributed by atoms with Crippen LogP contribution < -0.4 is 0 Å². The van der Waals surface area contributed by atoms with Gasteiger partial charge < -0.3 is 0 Å². The van der Waals surface area contributed by atoms with Gasteiger partial charge in [-0.3, -0.25) is 4.98 Å². The summed E-state index contributed by atoms with van der Waals surface area (Å²) in [5.74, 6) is 0. The minimum atomic E-state index is 1.14. The Balaban J connectivity index is 1.41. The third kappa shape index (κ3) is 6.64. The van der Waals surface area contributed by atoms with Gasteiger partial charge in [-0.05, 0) is 72.4 Å². The summed E-state index contributed by atoms with van der Waals surface area (Å²) < 4.78 is 0. The van der Waals surface area contributed by atoms with E-state index in [4.69, 9.17) is 0 Å². The van der Waals surface area contributed by atoms with E-state index in [0.29, 0.717) is 0 Å². The average molecular weight is 372 g/mol. The molecule has 1 nitrogen and oxygen atoms in total. The molecule has 3 rings (SSSR count). The highest BCUT2D eigenvalue weighted by Crippen LogP contribution is 2.22. The molecule has 0 unspecified atom stereocenters. The molecule has 3 aromatic rings. The van der Waals surface area contributed by atoms with Crippen LogP contribution in [0.25, 0.3) is 11.1 Å². The molecule has 0 spiro atoms. The van der Waals surface area contributed by atoms with Crippen LogP contribution >= 0.6 is 0 Å². The lowest BCUT2D eigenvalue weighted by molar-refractivity contribution is 0.677. The number of pyridine rings is 1. The number of aryl methyl sites for hydroxylation is 3.